The average Bonchev–Trinajstić information content (AvgIpc) is 2.63. The van der Waals surface area contributed by atoms with Crippen LogP contribution in [0.2, 0.25) is 0 Å². The SMILES string of the molecule is C=CC(N)c1ccc2c(c1)COC2. The van der Waals surface area contributed by atoms with Gasteiger partial charge < -0.3 is 10.5 Å². The van der Waals surface area contributed by atoms with Crippen LogP contribution in [0.4, 0.5) is 0 Å². The fourth-order valence-electron chi connectivity index (χ4n) is 1.54. The Morgan fingerprint density at radius 3 is 2.92 bits per heavy atom. The van der Waals surface area contributed by atoms with Gasteiger partial charge in [0.1, 0.15) is 0 Å². The standard InChI is InChI=1S/C11H13NO/c1-2-11(12)8-3-4-9-6-13-7-10(9)5-8/h2-5,11H,1,6-7,12H2. The molecule has 1 aromatic rings. The lowest BCUT2D eigenvalue weighted by molar-refractivity contribution is 0.134. The summed E-state index contributed by atoms with van der Waals surface area (Å²) in [7, 11) is 0. The Morgan fingerprint density at radius 1 is 1.38 bits per heavy atom. The van der Waals surface area contributed by atoms with E-state index < -0.39 is 0 Å². The van der Waals surface area contributed by atoms with E-state index in [0.717, 1.165) is 12.2 Å². The Labute approximate surface area is 78.0 Å². The van der Waals surface area contributed by atoms with E-state index in [2.05, 4.69) is 18.7 Å². The van der Waals surface area contributed by atoms with Gasteiger partial charge in [0, 0.05) is 6.04 Å². The van der Waals surface area contributed by atoms with Gasteiger partial charge in [-0.3, -0.25) is 0 Å². The van der Waals surface area contributed by atoms with Gasteiger partial charge in [-0.1, -0.05) is 24.3 Å². The minimum atomic E-state index is -0.0640. The van der Waals surface area contributed by atoms with Crippen molar-refractivity contribution in [3.05, 3.63) is 47.5 Å². The minimum absolute atomic E-state index is 0.0640. The number of hydrogen-bond donors (Lipinski definition) is 1. The maximum absolute atomic E-state index is 5.83. The van der Waals surface area contributed by atoms with Crippen molar-refractivity contribution < 1.29 is 4.74 Å². The number of hydrogen-bond acceptors (Lipinski definition) is 2. The second-order valence-electron chi connectivity index (χ2n) is 3.28. The highest BCUT2D eigenvalue weighted by atomic mass is 16.5. The molecule has 0 amide bonds. The molecule has 1 atom stereocenters. The molecule has 0 bridgehead atoms. The van der Waals surface area contributed by atoms with Crippen molar-refractivity contribution in [3.63, 3.8) is 0 Å². The van der Waals surface area contributed by atoms with Gasteiger partial charge in [0.05, 0.1) is 13.2 Å². The average molecular weight is 175 g/mol. The number of rotatable bonds is 2. The van der Waals surface area contributed by atoms with Gasteiger partial charge in [-0.15, -0.1) is 6.58 Å². The van der Waals surface area contributed by atoms with E-state index in [1.54, 1.807) is 6.08 Å². The predicted octanol–water partition coefficient (Wildman–Crippen LogP) is 1.90. The summed E-state index contributed by atoms with van der Waals surface area (Å²) >= 11 is 0. The third-order valence-electron chi connectivity index (χ3n) is 2.38. The molecule has 1 aliphatic heterocycles. The molecule has 0 radical (unpaired) electrons. The van der Waals surface area contributed by atoms with Crippen molar-refractivity contribution in [2.45, 2.75) is 19.3 Å². The first-order valence-electron chi connectivity index (χ1n) is 4.39. The van der Waals surface area contributed by atoms with Gasteiger partial charge >= 0.3 is 0 Å². The van der Waals surface area contributed by atoms with Crippen LogP contribution < -0.4 is 5.73 Å². The topological polar surface area (TPSA) is 35.2 Å². The van der Waals surface area contributed by atoms with E-state index in [0.29, 0.717) is 6.61 Å². The van der Waals surface area contributed by atoms with Crippen LogP contribution in [0, 0.1) is 0 Å². The number of ether oxygens (including phenoxy) is 1. The van der Waals surface area contributed by atoms with Crippen LogP contribution in [0.1, 0.15) is 22.7 Å². The van der Waals surface area contributed by atoms with Crippen LogP contribution in [0.3, 0.4) is 0 Å². The first-order chi connectivity index (χ1) is 6.31. The van der Waals surface area contributed by atoms with Gasteiger partial charge in [-0.2, -0.15) is 0 Å². The van der Waals surface area contributed by atoms with Crippen LogP contribution in [-0.4, -0.2) is 0 Å². The van der Waals surface area contributed by atoms with Crippen molar-refractivity contribution in [2.75, 3.05) is 0 Å². The highest BCUT2D eigenvalue weighted by molar-refractivity contribution is 5.35. The normalized spacial score (nSPS) is 16.7. The highest BCUT2D eigenvalue weighted by Crippen LogP contribution is 2.23. The Balaban J connectivity index is 2.35. The Hall–Kier alpha value is -1.12. The molecule has 0 saturated heterocycles. The van der Waals surface area contributed by atoms with Crippen molar-refractivity contribution in [1.29, 1.82) is 0 Å². The molecule has 13 heavy (non-hydrogen) atoms. The highest BCUT2D eigenvalue weighted by Gasteiger charge is 2.12. The molecule has 0 aromatic heterocycles. The van der Waals surface area contributed by atoms with E-state index >= 15 is 0 Å². The third-order valence-corrected chi connectivity index (χ3v) is 2.38. The lowest BCUT2D eigenvalue weighted by Gasteiger charge is -2.07. The molecule has 1 aromatic carbocycles. The van der Waals surface area contributed by atoms with Gasteiger partial charge in [0.25, 0.3) is 0 Å². The molecule has 0 aliphatic carbocycles. The summed E-state index contributed by atoms with van der Waals surface area (Å²) in [5, 5.41) is 0. The molecule has 0 saturated carbocycles. The molecule has 68 valence electrons. The molecule has 0 spiro atoms. The zero-order valence-corrected chi connectivity index (χ0v) is 7.49. The molecule has 1 unspecified atom stereocenters. The lowest BCUT2D eigenvalue weighted by Crippen LogP contribution is -2.06. The van der Waals surface area contributed by atoms with E-state index in [4.69, 9.17) is 10.5 Å². The molecule has 2 heteroatoms. The number of fused-ring (bicyclic) bond motifs is 1. The smallest absolute Gasteiger partial charge is 0.0725 e. The van der Waals surface area contributed by atoms with E-state index in [1.807, 2.05) is 6.07 Å². The van der Waals surface area contributed by atoms with Gasteiger partial charge in [-0.05, 0) is 16.7 Å². The van der Waals surface area contributed by atoms with E-state index in [1.165, 1.54) is 11.1 Å². The predicted molar refractivity (Wildman–Crippen MR) is 52.1 cm³/mol. The molecule has 2 N–H and O–H groups in total. The fourth-order valence-corrected chi connectivity index (χ4v) is 1.54. The van der Waals surface area contributed by atoms with Crippen LogP contribution in [0.25, 0.3) is 0 Å². The largest absolute Gasteiger partial charge is 0.372 e. The number of nitrogens with two attached hydrogens (primary N) is 1. The molecular formula is C11H13NO. The van der Waals surface area contributed by atoms with Gasteiger partial charge in [0.2, 0.25) is 0 Å². The Kier molecular flexibility index (Phi) is 2.17. The van der Waals surface area contributed by atoms with Crippen LogP contribution in [0.15, 0.2) is 30.9 Å². The van der Waals surface area contributed by atoms with Gasteiger partial charge in [0.15, 0.2) is 0 Å². The zero-order chi connectivity index (χ0) is 9.26. The van der Waals surface area contributed by atoms with Crippen molar-refractivity contribution in [3.8, 4) is 0 Å². The first kappa shape index (κ1) is 8.48. The van der Waals surface area contributed by atoms with Crippen LogP contribution in [0.5, 0.6) is 0 Å². The third kappa shape index (κ3) is 1.50. The van der Waals surface area contributed by atoms with Crippen molar-refractivity contribution in [2.24, 2.45) is 5.73 Å². The number of benzene rings is 1. The molecule has 1 aliphatic rings. The lowest BCUT2D eigenvalue weighted by atomic mass is 10.0. The summed E-state index contributed by atoms with van der Waals surface area (Å²) in [5.74, 6) is 0. The second kappa shape index (κ2) is 3.32. The Bertz CT molecular complexity index is 333. The maximum atomic E-state index is 5.83. The summed E-state index contributed by atoms with van der Waals surface area (Å²) in [6.45, 7) is 5.12. The molecule has 0 fully saturated rings. The molecule has 1 heterocycles. The quantitative estimate of drug-likeness (QED) is 0.697. The second-order valence-corrected chi connectivity index (χ2v) is 3.28. The summed E-state index contributed by atoms with van der Waals surface area (Å²) in [6, 6.07) is 6.17. The molecular weight excluding hydrogens is 162 g/mol. The minimum Gasteiger partial charge on any atom is -0.372 e. The van der Waals surface area contributed by atoms with E-state index in [-0.39, 0.29) is 6.04 Å². The Morgan fingerprint density at radius 2 is 2.15 bits per heavy atom. The van der Waals surface area contributed by atoms with Gasteiger partial charge in [-0.25, -0.2) is 0 Å². The van der Waals surface area contributed by atoms with Crippen LogP contribution >= 0.6 is 0 Å². The monoisotopic (exact) mass is 175 g/mol. The zero-order valence-electron chi connectivity index (χ0n) is 7.49. The summed E-state index contributed by atoms with van der Waals surface area (Å²) in [5.41, 5.74) is 9.48. The maximum Gasteiger partial charge on any atom is 0.0725 e. The fraction of sp³-hybridized carbons (Fsp3) is 0.273. The summed E-state index contributed by atoms with van der Waals surface area (Å²) in [6.07, 6.45) is 1.75. The first-order valence-corrected chi connectivity index (χ1v) is 4.39. The summed E-state index contributed by atoms with van der Waals surface area (Å²) in [4.78, 5) is 0. The van der Waals surface area contributed by atoms with Crippen molar-refractivity contribution in [1.82, 2.24) is 0 Å². The molecule has 2 rings (SSSR count). The molecule has 2 nitrogen and oxygen atoms in total. The van der Waals surface area contributed by atoms with E-state index in [9.17, 15) is 0 Å². The van der Waals surface area contributed by atoms with Crippen molar-refractivity contribution >= 4 is 0 Å². The summed E-state index contributed by atoms with van der Waals surface area (Å²) < 4.78 is 5.32. The van der Waals surface area contributed by atoms with Crippen LogP contribution in [-0.2, 0) is 18.0 Å².